The third-order valence-electron chi connectivity index (χ3n) is 5.03. The summed E-state index contributed by atoms with van der Waals surface area (Å²) in [5.74, 6) is -0.902. The number of ether oxygens (including phenoxy) is 1. The smallest absolute Gasteiger partial charge is 0.354 e. The van der Waals surface area contributed by atoms with Crippen LogP contribution in [0.1, 0.15) is 46.0 Å². The molecule has 0 radical (unpaired) electrons. The normalized spacial score (nSPS) is 12.8. The molecule has 0 saturated carbocycles. The maximum absolute atomic E-state index is 13.3. The van der Waals surface area contributed by atoms with Crippen molar-refractivity contribution in [3.05, 3.63) is 52.8 Å². The largest absolute Gasteiger partial charge is 0.464 e. The van der Waals surface area contributed by atoms with Crippen molar-refractivity contribution in [3.8, 4) is 0 Å². The maximum Gasteiger partial charge on any atom is 0.354 e. The molecule has 7 nitrogen and oxygen atoms in total. The molecule has 1 heterocycles. The molecule has 2 aromatic rings. The minimum absolute atomic E-state index is 0.133. The Morgan fingerprint density at radius 3 is 2.25 bits per heavy atom. The second kappa shape index (κ2) is 8.28. The van der Waals surface area contributed by atoms with Gasteiger partial charge in [-0.25, -0.2) is 13.2 Å². The first-order valence-electron chi connectivity index (χ1n) is 8.94. The average Bonchev–Trinajstić information content (AvgIpc) is 2.90. The number of Topliss-reactive ketones (excluding diaryl/α,β-unsaturated/α-hetero) is 1. The topological polar surface area (TPSA) is 85.7 Å². The number of methoxy groups -OCH3 is 1. The minimum atomic E-state index is -3.84. The number of rotatable bonds is 7. The molecular formula is C20H26N2O5S. The molecule has 0 aliphatic heterocycles. The van der Waals surface area contributed by atoms with Gasteiger partial charge in [0.15, 0.2) is 5.78 Å². The van der Waals surface area contributed by atoms with E-state index >= 15 is 0 Å². The van der Waals surface area contributed by atoms with Gasteiger partial charge >= 0.3 is 5.97 Å². The van der Waals surface area contributed by atoms with Crippen LogP contribution in [0.25, 0.3) is 0 Å². The predicted molar refractivity (Wildman–Crippen MR) is 106 cm³/mol. The summed E-state index contributed by atoms with van der Waals surface area (Å²) in [6.07, 6.45) is 0. The summed E-state index contributed by atoms with van der Waals surface area (Å²) in [4.78, 5) is 25.5. The standard InChI is InChI=1S/C20H26N2O5S/c1-7-22(28(25,26)16-11-9-8-10-12-16)15(4)19(23)17-13(2)18(20(24)27-6)21(5)14(17)3/h8-12,15H,7H2,1-6H3/t15-/m1/s1. The van der Waals surface area contributed by atoms with Crippen LogP contribution in [0.15, 0.2) is 35.2 Å². The summed E-state index contributed by atoms with van der Waals surface area (Å²) in [6, 6.07) is 7.09. The first-order chi connectivity index (χ1) is 13.1. The van der Waals surface area contributed by atoms with Gasteiger partial charge in [0.1, 0.15) is 5.69 Å². The molecule has 8 heteroatoms. The third kappa shape index (κ3) is 3.62. The van der Waals surface area contributed by atoms with Crippen LogP contribution in [-0.4, -0.2) is 48.7 Å². The second-order valence-electron chi connectivity index (χ2n) is 6.55. The fourth-order valence-electron chi connectivity index (χ4n) is 3.45. The zero-order chi connectivity index (χ0) is 21.2. The van der Waals surface area contributed by atoms with Crippen molar-refractivity contribution in [1.29, 1.82) is 0 Å². The molecule has 0 aliphatic carbocycles. The highest BCUT2D eigenvalue weighted by molar-refractivity contribution is 7.89. The Bertz CT molecular complexity index is 993. The SMILES string of the molecule is CCN([C@H](C)C(=O)c1c(C)c(C(=O)OC)n(C)c1C)S(=O)(=O)c1ccccc1. The first kappa shape index (κ1) is 21.8. The number of carbonyl (C=O) groups is 2. The Morgan fingerprint density at radius 1 is 1.18 bits per heavy atom. The summed E-state index contributed by atoms with van der Waals surface area (Å²) in [5.41, 5.74) is 1.70. The molecule has 1 aromatic heterocycles. The lowest BCUT2D eigenvalue weighted by atomic mass is 10.0. The molecule has 1 atom stereocenters. The number of aromatic nitrogens is 1. The van der Waals surface area contributed by atoms with Crippen LogP contribution in [0.3, 0.4) is 0 Å². The molecule has 0 saturated heterocycles. The molecule has 0 amide bonds. The Labute approximate surface area is 166 Å². The van der Waals surface area contributed by atoms with E-state index in [4.69, 9.17) is 4.74 Å². The number of nitrogens with zero attached hydrogens (tertiary/aromatic N) is 2. The van der Waals surface area contributed by atoms with E-state index in [1.54, 1.807) is 57.5 Å². The Hall–Kier alpha value is -2.45. The fraction of sp³-hybridized carbons (Fsp3) is 0.400. The van der Waals surface area contributed by atoms with Crippen LogP contribution < -0.4 is 0 Å². The molecule has 2 rings (SSSR count). The van der Waals surface area contributed by atoms with Crippen LogP contribution in [0.2, 0.25) is 0 Å². The minimum Gasteiger partial charge on any atom is -0.464 e. The molecule has 152 valence electrons. The second-order valence-corrected chi connectivity index (χ2v) is 8.44. The lowest BCUT2D eigenvalue weighted by Gasteiger charge is -2.26. The van der Waals surface area contributed by atoms with Crippen LogP contribution in [0.5, 0.6) is 0 Å². The number of carbonyl (C=O) groups excluding carboxylic acids is 2. The van der Waals surface area contributed by atoms with E-state index in [1.165, 1.54) is 23.5 Å². The van der Waals surface area contributed by atoms with Crippen molar-refractivity contribution in [2.75, 3.05) is 13.7 Å². The van der Waals surface area contributed by atoms with Crippen molar-refractivity contribution in [2.45, 2.75) is 38.6 Å². The number of likely N-dealkylation sites (N-methyl/N-ethyl adjacent to an activating group) is 1. The number of ketones is 1. The molecule has 0 aliphatic rings. The highest BCUT2D eigenvalue weighted by Gasteiger charge is 2.35. The van der Waals surface area contributed by atoms with E-state index in [1.807, 2.05) is 0 Å². The van der Waals surface area contributed by atoms with Crippen molar-refractivity contribution < 1.29 is 22.7 Å². The van der Waals surface area contributed by atoms with Gasteiger partial charge in [-0.05, 0) is 38.5 Å². The number of hydrogen-bond acceptors (Lipinski definition) is 5. The van der Waals surface area contributed by atoms with Gasteiger partial charge in [0.2, 0.25) is 10.0 Å². The van der Waals surface area contributed by atoms with Gasteiger partial charge in [-0.2, -0.15) is 4.31 Å². The lowest BCUT2D eigenvalue weighted by molar-refractivity contribution is 0.0588. The summed E-state index contributed by atoms with van der Waals surface area (Å²) in [6.45, 7) is 6.78. The van der Waals surface area contributed by atoms with E-state index in [0.717, 1.165) is 0 Å². The molecular weight excluding hydrogens is 380 g/mol. The monoisotopic (exact) mass is 406 g/mol. The van der Waals surface area contributed by atoms with E-state index in [9.17, 15) is 18.0 Å². The number of sulfonamides is 1. The molecule has 0 unspecified atom stereocenters. The van der Waals surface area contributed by atoms with Crippen molar-refractivity contribution >= 4 is 21.8 Å². The number of hydrogen-bond donors (Lipinski definition) is 0. The zero-order valence-corrected chi connectivity index (χ0v) is 17.8. The first-order valence-corrected chi connectivity index (χ1v) is 10.4. The van der Waals surface area contributed by atoms with Crippen LogP contribution in [0, 0.1) is 13.8 Å². The average molecular weight is 407 g/mol. The molecule has 0 fully saturated rings. The Balaban J connectivity index is 2.51. The fourth-order valence-corrected chi connectivity index (χ4v) is 5.07. The maximum atomic E-state index is 13.3. The molecule has 0 N–H and O–H groups in total. The molecule has 28 heavy (non-hydrogen) atoms. The highest BCUT2D eigenvalue weighted by Crippen LogP contribution is 2.26. The quantitative estimate of drug-likeness (QED) is 0.521. The van der Waals surface area contributed by atoms with Crippen LogP contribution >= 0.6 is 0 Å². The van der Waals surface area contributed by atoms with Crippen LogP contribution in [-0.2, 0) is 21.8 Å². The van der Waals surface area contributed by atoms with Gasteiger partial charge < -0.3 is 9.30 Å². The van der Waals surface area contributed by atoms with Gasteiger partial charge in [-0.1, -0.05) is 25.1 Å². The Kier molecular flexibility index (Phi) is 6.46. The van der Waals surface area contributed by atoms with E-state index in [2.05, 4.69) is 0 Å². The van der Waals surface area contributed by atoms with E-state index < -0.39 is 22.0 Å². The van der Waals surface area contributed by atoms with E-state index in [-0.39, 0.29) is 22.9 Å². The van der Waals surface area contributed by atoms with Gasteiger partial charge in [-0.15, -0.1) is 0 Å². The molecule has 0 spiro atoms. The summed E-state index contributed by atoms with van der Waals surface area (Å²) in [5, 5.41) is 0. The predicted octanol–water partition coefficient (Wildman–Crippen LogP) is 2.71. The van der Waals surface area contributed by atoms with Gasteiger partial charge in [-0.3, -0.25) is 4.79 Å². The molecule has 0 bridgehead atoms. The zero-order valence-electron chi connectivity index (χ0n) is 17.0. The van der Waals surface area contributed by atoms with E-state index in [0.29, 0.717) is 16.8 Å². The summed E-state index contributed by atoms with van der Waals surface area (Å²) < 4.78 is 33.6. The Morgan fingerprint density at radius 2 is 1.75 bits per heavy atom. The number of esters is 1. The van der Waals surface area contributed by atoms with Gasteiger partial charge in [0, 0.05) is 24.8 Å². The van der Waals surface area contributed by atoms with Crippen molar-refractivity contribution in [1.82, 2.24) is 8.87 Å². The van der Waals surface area contributed by atoms with Crippen LogP contribution in [0.4, 0.5) is 0 Å². The van der Waals surface area contributed by atoms with Crippen molar-refractivity contribution in [2.24, 2.45) is 7.05 Å². The number of benzene rings is 1. The lowest BCUT2D eigenvalue weighted by Crippen LogP contribution is -2.43. The van der Waals surface area contributed by atoms with Gasteiger partial charge in [0.05, 0.1) is 18.0 Å². The molecule has 1 aromatic carbocycles. The summed E-state index contributed by atoms with van der Waals surface area (Å²) >= 11 is 0. The van der Waals surface area contributed by atoms with Crippen molar-refractivity contribution in [3.63, 3.8) is 0 Å². The summed E-state index contributed by atoms with van der Waals surface area (Å²) in [7, 11) is -0.887. The van der Waals surface area contributed by atoms with Gasteiger partial charge in [0.25, 0.3) is 0 Å². The highest BCUT2D eigenvalue weighted by atomic mass is 32.2. The third-order valence-corrected chi connectivity index (χ3v) is 7.09.